The fourth-order valence-electron chi connectivity index (χ4n) is 3.71. The number of rotatable bonds is 1. The second kappa shape index (κ2) is 4.85. The third-order valence-corrected chi connectivity index (χ3v) is 4.47. The van der Waals surface area contributed by atoms with Gasteiger partial charge < -0.3 is 4.74 Å². The van der Waals surface area contributed by atoms with Crippen molar-refractivity contribution in [3.05, 3.63) is 0 Å². The van der Waals surface area contributed by atoms with E-state index in [2.05, 4.69) is 25.7 Å². The maximum absolute atomic E-state index is 12.8. The number of likely N-dealkylation sites (tertiary alicyclic amines) is 1. The first-order chi connectivity index (χ1) is 8.62. The Bertz CT molecular complexity index is 351. The molecule has 0 amide bonds. The van der Waals surface area contributed by atoms with Crippen molar-refractivity contribution in [1.82, 2.24) is 4.90 Å². The molecule has 19 heavy (non-hydrogen) atoms. The molecule has 2 rings (SSSR count). The number of hydrogen-bond acceptors (Lipinski definition) is 3. The van der Waals surface area contributed by atoms with Crippen molar-refractivity contribution >= 4 is 5.78 Å². The van der Waals surface area contributed by atoms with Gasteiger partial charge in [-0.3, -0.25) is 9.69 Å². The van der Waals surface area contributed by atoms with Gasteiger partial charge in [-0.15, -0.1) is 0 Å². The molecular formula is C16H29NO2. The van der Waals surface area contributed by atoms with E-state index in [-0.39, 0.29) is 17.0 Å². The number of fused-ring (bicyclic) bond motifs is 1. The topological polar surface area (TPSA) is 29.5 Å². The number of nitrogens with zero attached hydrogens (tertiary/aromatic N) is 1. The van der Waals surface area contributed by atoms with Gasteiger partial charge in [-0.2, -0.15) is 0 Å². The van der Waals surface area contributed by atoms with Crippen LogP contribution < -0.4 is 0 Å². The lowest BCUT2D eigenvalue weighted by Gasteiger charge is -2.43. The molecule has 0 radical (unpaired) electrons. The molecule has 0 aromatic rings. The van der Waals surface area contributed by atoms with Crippen LogP contribution in [0, 0.1) is 11.3 Å². The minimum absolute atomic E-state index is 0.0440. The Morgan fingerprint density at radius 3 is 2.32 bits per heavy atom. The maximum Gasteiger partial charge on any atom is 0.155 e. The standard InChI is InChI=1S/C16H29NO2/c1-15(2,3)14(18)13-9-11-10-19-8-7-12(11)17(13)16(4,5)6/h11-13H,7-10H2,1-6H3. The summed E-state index contributed by atoms with van der Waals surface area (Å²) >= 11 is 0. The lowest BCUT2D eigenvalue weighted by molar-refractivity contribution is -0.133. The average Bonchev–Trinajstić information content (AvgIpc) is 2.64. The maximum atomic E-state index is 12.8. The largest absolute Gasteiger partial charge is 0.381 e. The third kappa shape index (κ3) is 2.87. The zero-order valence-electron chi connectivity index (χ0n) is 13.3. The Labute approximate surface area is 117 Å². The van der Waals surface area contributed by atoms with E-state index in [1.807, 2.05) is 20.8 Å². The highest BCUT2D eigenvalue weighted by molar-refractivity contribution is 5.89. The Hall–Kier alpha value is -0.410. The van der Waals surface area contributed by atoms with Crippen molar-refractivity contribution in [2.24, 2.45) is 11.3 Å². The molecule has 110 valence electrons. The highest BCUT2D eigenvalue weighted by Gasteiger charge is 2.50. The van der Waals surface area contributed by atoms with Crippen LogP contribution in [0.4, 0.5) is 0 Å². The molecule has 0 aliphatic carbocycles. The van der Waals surface area contributed by atoms with Gasteiger partial charge in [0.25, 0.3) is 0 Å². The first kappa shape index (κ1) is 15.0. The van der Waals surface area contributed by atoms with Crippen molar-refractivity contribution < 1.29 is 9.53 Å². The molecule has 2 aliphatic heterocycles. The fourth-order valence-corrected chi connectivity index (χ4v) is 3.71. The molecular weight excluding hydrogens is 238 g/mol. The van der Waals surface area contributed by atoms with Gasteiger partial charge in [-0.1, -0.05) is 20.8 Å². The monoisotopic (exact) mass is 267 g/mol. The molecule has 0 aromatic carbocycles. The van der Waals surface area contributed by atoms with Crippen LogP contribution in [0.25, 0.3) is 0 Å². The molecule has 2 saturated heterocycles. The quantitative estimate of drug-likeness (QED) is 0.731. The Morgan fingerprint density at radius 2 is 1.79 bits per heavy atom. The molecule has 3 unspecified atom stereocenters. The van der Waals surface area contributed by atoms with Gasteiger partial charge >= 0.3 is 0 Å². The van der Waals surface area contributed by atoms with E-state index in [4.69, 9.17) is 4.74 Å². The number of Topliss-reactive ketones (excluding diaryl/α,β-unsaturated/α-hetero) is 1. The van der Waals surface area contributed by atoms with Crippen LogP contribution in [0.2, 0.25) is 0 Å². The van der Waals surface area contributed by atoms with E-state index in [0.29, 0.717) is 17.7 Å². The number of hydrogen-bond donors (Lipinski definition) is 0. The summed E-state index contributed by atoms with van der Waals surface area (Å²) in [6.45, 7) is 14.5. The van der Waals surface area contributed by atoms with Gasteiger partial charge in [-0.25, -0.2) is 0 Å². The molecule has 0 bridgehead atoms. The molecule has 0 saturated carbocycles. The van der Waals surface area contributed by atoms with E-state index >= 15 is 0 Å². The van der Waals surface area contributed by atoms with Crippen LogP contribution in [0.1, 0.15) is 54.4 Å². The molecule has 0 aromatic heterocycles. The summed E-state index contributed by atoms with van der Waals surface area (Å²) in [5.74, 6) is 0.918. The van der Waals surface area contributed by atoms with Crippen molar-refractivity contribution in [3.8, 4) is 0 Å². The predicted molar refractivity (Wildman–Crippen MR) is 77.2 cm³/mol. The molecule has 2 heterocycles. The second-order valence-electron chi connectivity index (χ2n) is 8.13. The van der Waals surface area contributed by atoms with Gasteiger partial charge in [0.1, 0.15) is 0 Å². The Kier molecular flexibility index (Phi) is 3.83. The first-order valence-corrected chi connectivity index (χ1v) is 7.53. The number of ketones is 1. The molecule has 3 heteroatoms. The van der Waals surface area contributed by atoms with Crippen LogP contribution in [0.15, 0.2) is 0 Å². The van der Waals surface area contributed by atoms with E-state index < -0.39 is 0 Å². The predicted octanol–water partition coefficient (Wildman–Crippen LogP) is 2.88. The molecule has 3 nitrogen and oxygen atoms in total. The van der Waals surface area contributed by atoms with E-state index in [1.54, 1.807) is 0 Å². The van der Waals surface area contributed by atoms with Gasteiger partial charge in [0, 0.05) is 23.6 Å². The highest BCUT2D eigenvalue weighted by Crippen LogP contribution is 2.41. The third-order valence-electron chi connectivity index (χ3n) is 4.47. The van der Waals surface area contributed by atoms with E-state index in [1.165, 1.54) is 0 Å². The van der Waals surface area contributed by atoms with Crippen LogP contribution in [0.3, 0.4) is 0 Å². The summed E-state index contributed by atoms with van der Waals surface area (Å²) in [5.41, 5.74) is -0.217. The summed E-state index contributed by atoms with van der Waals surface area (Å²) in [6, 6.07) is 0.585. The van der Waals surface area contributed by atoms with Crippen LogP contribution in [-0.4, -0.2) is 41.5 Å². The van der Waals surface area contributed by atoms with Crippen molar-refractivity contribution in [1.29, 1.82) is 0 Å². The zero-order chi connectivity index (χ0) is 14.4. The highest BCUT2D eigenvalue weighted by atomic mass is 16.5. The summed E-state index contributed by atoms with van der Waals surface area (Å²) in [6.07, 6.45) is 2.04. The smallest absolute Gasteiger partial charge is 0.155 e. The van der Waals surface area contributed by atoms with Crippen molar-refractivity contribution in [2.45, 2.75) is 72.0 Å². The normalized spacial score (nSPS) is 33.3. The van der Waals surface area contributed by atoms with E-state index in [9.17, 15) is 4.79 Å². The van der Waals surface area contributed by atoms with Gasteiger partial charge in [0.05, 0.1) is 12.6 Å². The SMILES string of the molecule is CC(C)(C)C(=O)C1CC2COCCC2N1C(C)(C)C. The average molecular weight is 267 g/mol. The van der Waals surface area contributed by atoms with E-state index in [0.717, 1.165) is 26.1 Å². The molecule has 3 atom stereocenters. The lowest BCUT2D eigenvalue weighted by atomic mass is 9.84. The lowest BCUT2D eigenvalue weighted by Crippen LogP contribution is -2.55. The Balaban J connectivity index is 2.29. The van der Waals surface area contributed by atoms with Crippen molar-refractivity contribution in [2.75, 3.05) is 13.2 Å². The van der Waals surface area contributed by atoms with Crippen molar-refractivity contribution in [3.63, 3.8) is 0 Å². The number of carbonyl (C=O) groups is 1. The first-order valence-electron chi connectivity index (χ1n) is 7.53. The molecule has 0 spiro atoms. The number of ether oxygens (including phenoxy) is 1. The molecule has 2 aliphatic rings. The second-order valence-corrected chi connectivity index (χ2v) is 8.13. The van der Waals surface area contributed by atoms with Gasteiger partial charge in [-0.05, 0) is 39.5 Å². The molecule has 0 N–H and O–H groups in total. The zero-order valence-corrected chi connectivity index (χ0v) is 13.3. The van der Waals surface area contributed by atoms with Crippen LogP contribution in [-0.2, 0) is 9.53 Å². The number of carbonyl (C=O) groups excluding carboxylic acids is 1. The summed E-state index contributed by atoms with van der Waals surface area (Å²) in [5, 5.41) is 0. The minimum atomic E-state index is -0.261. The van der Waals surface area contributed by atoms with Crippen LogP contribution >= 0.6 is 0 Å². The summed E-state index contributed by atoms with van der Waals surface area (Å²) in [4.78, 5) is 15.3. The minimum Gasteiger partial charge on any atom is -0.381 e. The summed E-state index contributed by atoms with van der Waals surface area (Å²) in [7, 11) is 0. The van der Waals surface area contributed by atoms with Gasteiger partial charge in [0.15, 0.2) is 5.78 Å². The fraction of sp³-hybridized carbons (Fsp3) is 0.938. The van der Waals surface area contributed by atoms with Gasteiger partial charge in [0.2, 0.25) is 0 Å². The summed E-state index contributed by atoms with van der Waals surface area (Å²) < 4.78 is 5.62. The Morgan fingerprint density at radius 1 is 1.16 bits per heavy atom. The van der Waals surface area contributed by atoms with Crippen LogP contribution in [0.5, 0.6) is 0 Å². The molecule has 2 fully saturated rings.